The number of hydrogen-bond donors (Lipinski definition) is 4. The molecule has 1 rings (SSSR count). The largest absolute Gasteiger partial charge is 0.480 e. The Morgan fingerprint density at radius 3 is 2.55 bits per heavy atom. The molecule has 0 saturated carbocycles. The van der Waals surface area contributed by atoms with Crippen LogP contribution in [0.5, 0.6) is 0 Å². The highest BCUT2D eigenvalue weighted by molar-refractivity contribution is 7.11. The molecule has 3 amide bonds. The SMILES string of the molecule is Cc1cnc(C(C)NC(=O)N[C@H](CC(N)=O)C(=O)O)s1. The van der Waals surface area contributed by atoms with Crippen molar-refractivity contribution in [1.82, 2.24) is 15.6 Å². The van der Waals surface area contributed by atoms with E-state index in [1.165, 1.54) is 11.3 Å². The molecule has 2 atom stereocenters. The van der Waals surface area contributed by atoms with Crippen LogP contribution in [0, 0.1) is 6.92 Å². The number of nitrogens with zero attached hydrogens (tertiary/aromatic N) is 1. The molecule has 1 heterocycles. The Morgan fingerprint density at radius 1 is 1.45 bits per heavy atom. The zero-order valence-corrected chi connectivity index (χ0v) is 11.9. The van der Waals surface area contributed by atoms with Gasteiger partial charge in [0.15, 0.2) is 0 Å². The van der Waals surface area contributed by atoms with Crippen LogP contribution in [-0.4, -0.2) is 34.0 Å². The summed E-state index contributed by atoms with van der Waals surface area (Å²) in [5.41, 5.74) is 4.92. The molecule has 1 unspecified atom stereocenters. The molecule has 0 fully saturated rings. The minimum atomic E-state index is -1.35. The summed E-state index contributed by atoms with van der Waals surface area (Å²) in [5.74, 6) is -2.13. The summed E-state index contributed by atoms with van der Waals surface area (Å²) in [5, 5.41) is 14.3. The van der Waals surface area contributed by atoms with E-state index >= 15 is 0 Å². The monoisotopic (exact) mass is 300 g/mol. The number of nitrogens with two attached hydrogens (primary N) is 1. The first kappa shape index (κ1) is 15.9. The van der Waals surface area contributed by atoms with E-state index in [9.17, 15) is 14.4 Å². The molecule has 1 aromatic rings. The summed E-state index contributed by atoms with van der Waals surface area (Å²) < 4.78 is 0. The first-order valence-electron chi connectivity index (χ1n) is 5.80. The lowest BCUT2D eigenvalue weighted by atomic mass is 10.2. The molecule has 0 bridgehead atoms. The van der Waals surface area contributed by atoms with Crippen molar-refractivity contribution in [3.05, 3.63) is 16.1 Å². The van der Waals surface area contributed by atoms with Crippen molar-refractivity contribution in [2.75, 3.05) is 0 Å². The molecule has 5 N–H and O–H groups in total. The lowest BCUT2D eigenvalue weighted by Crippen LogP contribution is -2.48. The minimum absolute atomic E-state index is 0.364. The Bertz CT molecular complexity index is 516. The second-order valence-electron chi connectivity index (χ2n) is 4.21. The maximum atomic E-state index is 11.7. The van der Waals surface area contributed by atoms with Crippen molar-refractivity contribution >= 4 is 29.2 Å². The Hall–Kier alpha value is -2.16. The van der Waals surface area contributed by atoms with Crippen molar-refractivity contribution < 1.29 is 19.5 Å². The molecule has 1 aromatic heterocycles. The summed E-state index contributed by atoms with van der Waals surface area (Å²) in [7, 11) is 0. The highest BCUT2D eigenvalue weighted by Crippen LogP contribution is 2.18. The summed E-state index contributed by atoms with van der Waals surface area (Å²) >= 11 is 1.43. The van der Waals surface area contributed by atoms with E-state index in [0.29, 0.717) is 5.01 Å². The van der Waals surface area contributed by atoms with Crippen molar-refractivity contribution in [1.29, 1.82) is 0 Å². The molecular weight excluding hydrogens is 284 g/mol. The van der Waals surface area contributed by atoms with Gasteiger partial charge in [-0.05, 0) is 13.8 Å². The number of carboxylic acids is 1. The fraction of sp³-hybridized carbons (Fsp3) is 0.455. The number of rotatable bonds is 6. The number of nitrogens with one attached hydrogen (secondary N) is 2. The van der Waals surface area contributed by atoms with Crippen LogP contribution in [0.4, 0.5) is 4.79 Å². The second-order valence-corrected chi connectivity index (χ2v) is 5.48. The van der Waals surface area contributed by atoms with E-state index in [1.54, 1.807) is 13.1 Å². The maximum absolute atomic E-state index is 11.7. The van der Waals surface area contributed by atoms with Gasteiger partial charge in [-0.25, -0.2) is 14.6 Å². The highest BCUT2D eigenvalue weighted by atomic mass is 32.1. The summed E-state index contributed by atoms with van der Waals surface area (Å²) in [4.78, 5) is 38.4. The number of thiazole rings is 1. The van der Waals surface area contributed by atoms with Gasteiger partial charge in [0.1, 0.15) is 11.0 Å². The van der Waals surface area contributed by atoms with Crippen LogP contribution < -0.4 is 16.4 Å². The number of aliphatic carboxylic acids is 1. The molecular formula is C11H16N4O4S. The number of primary amides is 1. The van der Waals surface area contributed by atoms with Crippen LogP contribution in [0.3, 0.4) is 0 Å². The molecule has 0 aliphatic carbocycles. The van der Waals surface area contributed by atoms with Crippen molar-refractivity contribution in [3.8, 4) is 0 Å². The van der Waals surface area contributed by atoms with Gasteiger partial charge in [-0.3, -0.25) is 4.79 Å². The molecule has 0 radical (unpaired) electrons. The highest BCUT2D eigenvalue weighted by Gasteiger charge is 2.23. The Balaban J connectivity index is 2.57. The number of hydrogen-bond acceptors (Lipinski definition) is 5. The number of amides is 3. The zero-order valence-electron chi connectivity index (χ0n) is 11.0. The number of urea groups is 1. The van der Waals surface area contributed by atoms with E-state index in [1.807, 2.05) is 6.92 Å². The molecule has 0 aliphatic rings. The van der Waals surface area contributed by atoms with Gasteiger partial charge >= 0.3 is 12.0 Å². The standard InChI is InChI=1S/C11H16N4O4S/c1-5-4-13-9(20-5)6(2)14-11(19)15-7(10(17)18)3-8(12)16/h4,6-7H,3H2,1-2H3,(H2,12,16)(H,17,18)(H2,14,15,19)/t6?,7-/m1/s1. The fourth-order valence-electron chi connectivity index (χ4n) is 1.43. The van der Waals surface area contributed by atoms with E-state index in [0.717, 1.165) is 4.88 Å². The van der Waals surface area contributed by atoms with Crippen LogP contribution in [0.2, 0.25) is 0 Å². The van der Waals surface area contributed by atoms with Gasteiger partial charge in [-0.1, -0.05) is 0 Å². The van der Waals surface area contributed by atoms with Crippen molar-refractivity contribution in [2.45, 2.75) is 32.4 Å². The van der Waals surface area contributed by atoms with Gasteiger partial charge < -0.3 is 21.5 Å². The van der Waals surface area contributed by atoms with Gasteiger partial charge in [0, 0.05) is 11.1 Å². The minimum Gasteiger partial charge on any atom is -0.480 e. The number of carbonyl (C=O) groups is 3. The molecule has 0 spiro atoms. The summed E-state index contributed by atoms with van der Waals surface area (Å²) in [6, 6.07) is -2.41. The lowest BCUT2D eigenvalue weighted by molar-refractivity contribution is -0.140. The third kappa shape index (κ3) is 4.84. The fourth-order valence-corrected chi connectivity index (χ4v) is 2.21. The van der Waals surface area contributed by atoms with Crippen molar-refractivity contribution in [2.24, 2.45) is 5.73 Å². The number of carbonyl (C=O) groups excluding carboxylic acids is 2. The number of aryl methyl sites for hydroxylation is 1. The van der Waals surface area contributed by atoms with E-state index in [-0.39, 0.29) is 6.04 Å². The van der Waals surface area contributed by atoms with Crippen LogP contribution in [-0.2, 0) is 9.59 Å². The smallest absolute Gasteiger partial charge is 0.326 e. The van der Waals surface area contributed by atoms with E-state index < -0.39 is 30.4 Å². The van der Waals surface area contributed by atoms with Gasteiger partial charge in [0.2, 0.25) is 5.91 Å². The summed E-state index contributed by atoms with van der Waals surface area (Å²) in [6.07, 6.45) is 1.22. The molecule has 20 heavy (non-hydrogen) atoms. The first-order valence-corrected chi connectivity index (χ1v) is 6.61. The maximum Gasteiger partial charge on any atom is 0.326 e. The lowest BCUT2D eigenvalue weighted by Gasteiger charge is -2.16. The van der Waals surface area contributed by atoms with Gasteiger partial charge in [0.25, 0.3) is 0 Å². The van der Waals surface area contributed by atoms with Gasteiger partial charge in [0.05, 0.1) is 12.5 Å². The normalized spacial score (nSPS) is 13.3. The zero-order chi connectivity index (χ0) is 15.3. The molecule has 9 heteroatoms. The predicted octanol–water partition coefficient (Wildman–Crippen LogP) is 0.140. The Kier molecular flexibility index (Phi) is 5.44. The average Bonchev–Trinajstić information content (AvgIpc) is 2.74. The average molecular weight is 300 g/mol. The molecule has 0 aromatic carbocycles. The van der Waals surface area contributed by atoms with Crippen molar-refractivity contribution in [3.63, 3.8) is 0 Å². The molecule has 110 valence electrons. The van der Waals surface area contributed by atoms with Gasteiger partial charge in [-0.2, -0.15) is 0 Å². The number of aromatic nitrogens is 1. The van der Waals surface area contributed by atoms with E-state index in [2.05, 4.69) is 15.6 Å². The Labute approximate surface area is 119 Å². The van der Waals surface area contributed by atoms with E-state index in [4.69, 9.17) is 10.8 Å². The second kappa shape index (κ2) is 6.85. The first-order chi connectivity index (χ1) is 9.29. The number of carboxylic acid groups (broad SMARTS) is 1. The van der Waals surface area contributed by atoms with Crippen LogP contribution >= 0.6 is 11.3 Å². The topological polar surface area (TPSA) is 134 Å². The van der Waals surface area contributed by atoms with Gasteiger partial charge in [-0.15, -0.1) is 11.3 Å². The molecule has 0 saturated heterocycles. The van der Waals surface area contributed by atoms with Crippen LogP contribution in [0.1, 0.15) is 29.3 Å². The van der Waals surface area contributed by atoms with Crippen LogP contribution in [0.15, 0.2) is 6.20 Å². The molecule has 8 nitrogen and oxygen atoms in total. The summed E-state index contributed by atoms with van der Waals surface area (Å²) in [6.45, 7) is 3.61. The predicted molar refractivity (Wildman–Crippen MR) is 72.2 cm³/mol. The third-order valence-electron chi connectivity index (χ3n) is 2.37. The molecule has 0 aliphatic heterocycles. The third-order valence-corrected chi connectivity index (χ3v) is 3.46. The Morgan fingerprint density at radius 2 is 2.10 bits per heavy atom. The van der Waals surface area contributed by atoms with Crippen LogP contribution in [0.25, 0.3) is 0 Å². The quantitative estimate of drug-likeness (QED) is 0.592.